The van der Waals surface area contributed by atoms with Gasteiger partial charge in [0.05, 0.1) is 0 Å². The van der Waals surface area contributed by atoms with Gasteiger partial charge in [0.25, 0.3) is 0 Å². The summed E-state index contributed by atoms with van der Waals surface area (Å²) < 4.78 is 16.7. The van der Waals surface area contributed by atoms with E-state index in [0.29, 0.717) is 19.3 Å². The Hall–Kier alpha value is -3.93. The number of hydrogen-bond donors (Lipinski definition) is 0. The van der Waals surface area contributed by atoms with Crippen LogP contribution in [0.1, 0.15) is 265 Å². The van der Waals surface area contributed by atoms with E-state index in [1.807, 2.05) is 24.3 Å². The molecule has 0 aromatic rings. The van der Waals surface area contributed by atoms with Crippen molar-refractivity contribution in [1.29, 1.82) is 0 Å². The largest absolute Gasteiger partial charge is 0.462 e. The number of carbonyl (C=O) groups is 3. The number of allylic oxidation sites excluding steroid dienone is 18. The molecule has 0 aliphatic rings. The fourth-order valence-corrected chi connectivity index (χ4v) is 7.94. The fraction of sp³-hybridized carbons (Fsp3) is 0.677. The van der Waals surface area contributed by atoms with Gasteiger partial charge in [-0.1, -0.05) is 259 Å². The minimum absolute atomic E-state index is 0.129. The molecule has 0 aliphatic heterocycles. The highest BCUT2D eigenvalue weighted by Gasteiger charge is 2.19. The number of carbonyl (C=O) groups excluding carboxylic acids is 3. The topological polar surface area (TPSA) is 78.9 Å². The lowest BCUT2D eigenvalue weighted by atomic mass is 10.0. The van der Waals surface area contributed by atoms with E-state index >= 15 is 0 Å². The summed E-state index contributed by atoms with van der Waals surface area (Å²) in [4.78, 5) is 38.0. The minimum Gasteiger partial charge on any atom is -0.462 e. The molecule has 0 rings (SSSR count). The van der Waals surface area contributed by atoms with Gasteiger partial charge in [-0.15, -0.1) is 0 Å². The van der Waals surface area contributed by atoms with Crippen molar-refractivity contribution in [2.45, 2.75) is 271 Å². The molecule has 0 spiro atoms. The fourth-order valence-electron chi connectivity index (χ4n) is 7.94. The van der Waals surface area contributed by atoms with Gasteiger partial charge < -0.3 is 14.2 Å². The van der Waals surface area contributed by atoms with Crippen LogP contribution in [-0.2, 0) is 28.6 Å². The third-order valence-electron chi connectivity index (χ3n) is 12.3. The predicted molar refractivity (Wildman–Crippen MR) is 307 cm³/mol. The van der Waals surface area contributed by atoms with Crippen LogP contribution in [0.5, 0.6) is 0 Å². The van der Waals surface area contributed by atoms with Crippen LogP contribution in [0.15, 0.2) is 109 Å². The summed E-state index contributed by atoms with van der Waals surface area (Å²) in [5.41, 5.74) is 0. The Bertz CT molecular complexity index is 1460. The average Bonchev–Trinajstić information content (AvgIpc) is 3.37. The second-order valence-electron chi connectivity index (χ2n) is 19.1. The number of hydrogen-bond acceptors (Lipinski definition) is 6. The molecule has 404 valence electrons. The smallest absolute Gasteiger partial charge is 0.306 e. The Morgan fingerprint density at radius 3 is 0.944 bits per heavy atom. The van der Waals surface area contributed by atoms with E-state index < -0.39 is 12.1 Å². The summed E-state index contributed by atoms with van der Waals surface area (Å²) in [7, 11) is 0. The maximum Gasteiger partial charge on any atom is 0.306 e. The zero-order valence-corrected chi connectivity index (χ0v) is 46.2. The zero-order chi connectivity index (χ0) is 51.4. The van der Waals surface area contributed by atoms with Crippen LogP contribution in [0, 0.1) is 0 Å². The summed E-state index contributed by atoms with van der Waals surface area (Å²) in [5, 5.41) is 0. The molecule has 0 N–H and O–H groups in total. The highest BCUT2D eigenvalue weighted by atomic mass is 16.6. The lowest BCUT2D eigenvalue weighted by Gasteiger charge is -2.18. The van der Waals surface area contributed by atoms with Crippen LogP contribution < -0.4 is 0 Å². The SMILES string of the molecule is CC/C=C\C/C=C\C/C=C\C/C=C\CCC(=O)OCC(COC(=O)CCCCCCCCCCCCCCCCC/C=C\CCCCCCCCCC)OC(=O)CC/C=C\C/C=C\C/C=C\C/C=C\CC. The summed E-state index contributed by atoms with van der Waals surface area (Å²) in [6.45, 7) is 6.28. The zero-order valence-electron chi connectivity index (χ0n) is 46.2. The second kappa shape index (κ2) is 58.6. The molecule has 0 aromatic heterocycles. The van der Waals surface area contributed by atoms with E-state index in [0.717, 1.165) is 70.6 Å². The molecule has 0 bridgehead atoms. The molecular formula is C65H108O6. The molecule has 0 aliphatic carbocycles. The molecule has 1 unspecified atom stereocenters. The third kappa shape index (κ3) is 56.9. The molecule has 0 aromatic carbocycles. The summed E-state index contributed by atoms with van der Waals surface area (Å²) in [5.74, 6) is -1.10. The van der Waals surface area contributed by atoms with Crippen LogP contribution in [-0.4, -0.2) is 37.2 Å². The van der Waals surface area contributed by atoms with E-state index in [-0.39, 0.29) is 38.0 Å². The molecule has 1 atom stereocenters. The number of ether oxygens (including phenoxy) is 3. The summed E-state index contributed by atoms with van der Waals surface area (Å²) >= 11 is 0. The number of unbranched alkanes of at least 4 members (excludes halogenated alkanes) is 23. The molecule has 0 radical (unpaired) electrons. The van der Waals surface area contributed by atoms with E-state index in [9.17, 15) is 14.4 Å². The van der Waals surface area contributed by atoms with Gasteiger partial charge in [-0.3, -0.25) is 14.4 Å². The van der Waals surface area contributed by atoms with Crippen molar-refractivity contribution in [2.24, 2.45) is 0 Å². The van der Waals surface area contributed by atoms with Crippen LogP contribution in [0.2, 0.25) is 0 Å². The molecule has 6 heteroatoms. The standard InChI is InChI=1S/C65H108O6/c1-4-7-10-13-16-19-22-25-26-27-28-29-30-31-32-33-34-35-36-37-38-41-43-46-49-52-55-58-64(67)70-61-62(71-65(68)59-56-53-50-47-44-40-24-21-18-15-12-9-6-3)60-69-63(66)57-54-51-48-45-42-39-23-20-17-14-11-8-5-2/h8-9,11-12,17-18,20-21,27-28,39-40,42,44,48,50-51,53,62H,4-7,10,13-16,19,22-26,29-38,41,43,45-47,49,52,54-61H2,1-3H3/b11-8-,12-9-,20-17-,21-18-,28-27-,42-39-,44-40-,51-48-,53-50-. The van der Waals surface area contributed by atoms with Crippen LogP contribution in [0.25, 0.3) is 0 Å². The summed E-state index contributed by atoms with van der Waals surface area (Å²) in [6, 6.07) is 0. The lowest BCUT2D eigenvalue weighted by Crippen LogP contribution is -2.30. The molecule has 0 saturated carbocycles. The normalized spacial score (nSPS) is 12.9. The molecular weight excluding hydrogens is 877 g/mol. The Morgan fingerprint density at radius 2 is 0.577 bits per heavy atom. The van der Waals surface area contributed by atoms with Crippen LogP contribution in [0.4, 0.5) is 0 Å². The lowest BCUT2D eigenvalue weighted by molar-refractivity contribution is -0.166. The maximum absolute atomic E-state index is 12.8. The van der Waals surface area contributed by atoms with Crippen molar-refractivity contribution in [3.8, 4) is 0 Å². The van der Waals surface area contributed by atoms with Crippen molar-refractivity contribution < 1.29 is 28.6 Å². The van der Waals surface area contributed by atoms with Gasteiger partial charge in [0.2, 0.25) is 0 Å². The summed E-state index contributed by atoms with van der Waals surface area (Å²) in [6.07, 6.45) is 80.0. The Balaban J connectivity index is 4.30. The minimum atomic E-state index is -0.845. The van der Waals surface area contributed by atoms with Crippen molar-refractivity contribution in [1.82, 2.24) is 0 Å². The van der Waals surface area contributed by atoms with Crippen molar-refractivity contribution in [2.75, 3.05) is 13.2 Å². The van der Waals surface area contributed by atoms with E-state index in [2.05, 4.69) is 106 Å². The second-order valence-corrected chi connectivity index (χ2v) is 19.1. The Labute approximate surface area is 438 Å². The molecule has 0 saturated heterocycles. The van der Waals surface area contributed by atoms with Crippen LogP contribution in [0.3, 0.4) is 0 Å². The van der Waals surface area contributed by atoms with Gasteiger partial charge in [-0.25, -0.2) is 0 Å². The average molecular weight is 986 g/mol. The van der Waals surface area contributed by atoms with Crippen molar-refractivity contribution >= 4 is 17.9 Å². The number of esters is 3. The van der Waals surface area contributed by atoms with Gasteiger partial charge in [0.1, 0.15) is 13.2 Å². The van der Waals surface area contributed by atoms with Crippen molar-refractivity contribution in [3.63, 3.8) is 0 Å². The maximum atomic E-state index is 12.8. The van der Waals surface area contributed by atoms with Gasteiger partial charge in [-0.2, -0.15) is 0 Å². The number of rotatable bonds is 52. The Kier molecular flexibility index (Phi) is 55.4. The predicted octanol–water partition coefficient (Wildman–Crippen LogP) is 19.9. The third-order valence-corrected chi connectivity index (χ3v) is 12.3. The van der Waals surface area contributed by atoms with E-state index in [1.165, 1.54) is 141 Å². The Morgan fingerprint density at radius 1 is 0.296 bits per heavy atom. The highest BCUT2D eigenvalue weighted by molar-refractivity contribution is 5.71. The molecule has 6 nitrogen and oxygen atoms in total. The van der Waals surface area contributed by atoms with E-state index in [4.69, 9.17) is 14.2 Å². The molecule has 0 fully saturated rings. The van der Waals surface area contributed by atoms with Gasteiger partial charge in [0.15, 0.2) is 6.10 Å². The van der Waals surface area contributed by atoms with Gasteiger partial charge >= 0.3 is 17.9 Å². The van der Waals surface area contributed by atoms with E-state index in [1.54, 1.807) is 0 Å². The molecule has 0 heterocycles. The first-order valence-corrected chi connectivity index (χ1v) is 29.4. The highest BCUT2D eigenvalue weighted by Crippen LogP contribution is 2.16. The first-order valence-electron chi connectivity index (χ1n) is 29.4. The van der Waals surface area contributed by atoms with Crippen LogP contribution >= 0.6 is 0 Å². The van der Waals surface area contributed by atoms with Crippen molar-refractivity contribution in [3.05, 3.63) is 109 Å². The quantitative estimate of drug-likeness (QED) is 0.0261. The molecule has 0 amide bonds. The van der Waals surface area contributed by atoms with Gasteiger partial charge in [0, 0.05) is 19.3 Å². The monoisotopic (exact) mass is 985 g/mol. The molecule has 71 heavy (non-hydrogen) atoms. The first-order chi connectivity index (χ1) is 35.0. The van der Waals surface area contributed by atoms with Gasteiger partial charge in [-0.05, 0) is 96.3 Å². The first kappa shape index (κ1) is 67.1.